The van der Waals surface area contributed by atoms with Crippen LogP contribution in [-0.4, -0.2) is 130 Å². The lowest BCUT2D eigenvalue weighted by Gasteiger charge is -2.27. The fraction of sp³-hybridized carbons (Fsp3) is 0.400. The Labute approximate surface area is 482 Å². The Kier molecular flexibility index (Phi) is 23.4. The molecule has 9 amide bonds. The van der Waals surface area contributed by atoms with Gasteiger partial charge in [0.15, 0.2) is 0 Å². The van der Waals surface area contributed by atoms with E-state index >= 15 is 0 Å². The predicted molar refractivity (Wildman–Crippen MR) is 314 cm³/mol. The topological polar surface area (TPSA) is 372 Å². The van der Waals surface area contributed by atoms with Crippen LogP contribution in [0.1, 0.15) is 76.3 Å². The van der Waals surface area contributed by atoms with Crippen LogP contribution in [-0.2, 0) is 68.8 Å². The van der Waals surface area contributed by atoms with Gasteiger partial charge in [-0.1, -0.05) is 119 Å². The van der Waals surface area contributed by atoms with Crippen molar-refractivity contribution in [2.45, 2.75) is 128 Å². The molecule has 2 heterocycles. The Morgan fingerprint density at radius 3 is 1.94 bits per heavy atom. The van der Waals surface area contributed by atoms with Crippen LogP contribution in [0, 0.1) is 11.8 Å². The molecule has 0 aliphatic rings. The number of nitrogens with one attached hydrogen (secondary N) is 10. The summed E-state index contributed by atoms with van der Waals surface area (Å²) in [5, 5.41) is 24.9. The van der Waals surface area contributed by atoms with Gasteiger partial charge in [-0.25, -0.2) is 4.98 Å². The number of hydrogen-bond acceptors (Lipinski definition) is 12. The van der Waals surface area contributed by atoms with Crippen LogP contribution in [0.2, 0.25) is 0 Å². The molecule has 23 heteroatoms. The average Bonchev–Trinajstić information content (AvgIpc) is 4.33. The number of carbonyl (C=O) groups excluding carboxylic acids is 9. The van der Waals surface area contributed by atoms with Gasteiger partial charge in [-0.05, 0) is 78.0 Å². The molecule has 0 saturated heterocycles. The van der Waals surface area contributed by atoms with E-state index in [2.05, 4.69) is 57.5 Å². The lowest BCUT2D eigenvalue weighted by atomic mass is 10.0. The molecule has 0 bridgehead atoms. The number of rotatable bonds is 32. The van der Waals surface area contributed by atoms with Gasteiger partial charge >= 0.3 is 0 Å². The van der Waals surface area contributed by atoms with Crippen LogP contribution in [0.15, 0.2) is 116 Å². The summed E-state index contributed by atoms with van der Waals surface area (Å²) in [5.74, 6) is -6.72. The summed E-state index contributed by atoms with van der Waals surface area (Å²) >= 11 is 0. The first-order chi connectivity index (χ1) is 39.6. The van der Waals surface area contributed by atoms with Gasteiger partial charge in [0.05, 0.1) is 25.0 Å². The largest absolute Gasteiger partial charge is 0.370 e. The smallest absolute Gasteiger partial charge is 0.243 e. The fourth-order valence-corrected chi connectivity index (χ4v) is 9.56. The Balaban J connectivity index is 1.08. The summed E-state index contributed by atoms with van der Waals surface area (Å²) < 4.78 is 0. The maximum atomic E-state index is 14.3. The standard InChI is InChI=1S/C60H78N14O9/c1-34(2)23-43(31-66-48(54(63)77)26-37-13-7-6-8-14-37)70-59(82)50(28-42-30-64-33-68-42)71-52(76)32-67-60(83)53(35(3)4)74-55(78)36(5)69-58(81)49(27-41-29-65-46-18-12-11-17-44(41)46)73-57(80)47(21-22-51(62)75)72-56(79)45(61)25-38-19-20-39-15-9-10-16-40(39)24-38/h6-20,24,29-30,33-36,43,45,47-50,53,65-66H,21-23,25-28,31-32,61H2,1-5H3,(H2,62,75)(H2,63,77)(H,64,68)(H,67,83)(H,69,81)(H,70,82)(H,71,76)(H,72,79)(H,73,80)(H,74,78)/t36-,43-,45+,47-,48-,49-,50-,53-/m0/s1. The van der Waals surface area contributed by atoms with E-state index in [1.165, 1.54) is 19.4 Å². The molecule has 442 valence electrons. The summed E-state index contributed by atoms with van der Waals surface area (Å²) in [7, 11) is 0. The number of hydrogen-bond donors (Lipinski definition) is 13. The van der Waals surface area contributed by atoms with E-state index in [1.54, 1.807) is 20.0 Å². The number of H-pyrrole nitrogens is 2. The molecule has 8 atom stereocenters. The summed E-state index contributed by atoms with van der Waals surface area (Å²) in [6.07, 6.45) is 5.06. The summed E-state index contributed by atoms with van der Waals surface area (Å²) in [6, 6.07) is 21.5. The van der Waals surface area contributed by atoms with Crippen LogP contribution in [0.4, 0.5) is 0 Å². The Morgan fingerprint density at radius 1 is 0.590 bits per heavy atom. The Hall–Kier alpha value is -8.96. The number of aromatic nitrogens is 3. The van der Waals surface area contributed by atoms with E-state index in [9.17, 15) is 43.2 Å². The highest BCUT2D eigenvalue weighted by Crippen LogP contribution is 2.21. The molecule has 0 fully saturated rings. The first-order valence-electron chi connectivity index (χ1n) is 27.8. The lowest BCUT2D eigenvalue weighted by Crippen LogP contribution is -2.59. The van der Waals surface area contributed by atoms with E-state index in [4.69, 9.17) is 17.2 Å². The zero-order valence-corrected chi connectivity index (χ0v) is 47.5. The van der Waals surface area contributed by atoms with Crippen molar-refractivity contribution in [1.29, 1.82) is 0 Å². The van der Waals surface area contributed by atoms with Gasteiger partial charge in [-0.15, -0.1) is 0 Å². The molecule has 0 unspecified atom stereocenters. The van der Waals surface area contributed by atoms with Gasteiger partial charge in [0.1, 0.15) is 30.2 Å². The van der Waals surface area contributed by atoms with Gasteiger partial charge < -0.3 is 69.7 Å². The molecule has 0 radical (unpaired) electrons. The SMILES string of the molecule is CC(C)C[C@@H](CN[C@@H](Cc1ccccc1)C(N)=O)NC(=O)[C@H](Cc1cnc[nH]1)NC(=O)CNC(=O)[C@@H](NC(=O)[C@H](C)NC(=O)[C@H](Cc1c[nH]c2ccccc12)NC(=O)[C@H](CCC(N)=O)NC(=O)[C@H](N)Cc1ccc2ccccc2c1)C(C)C. The summed E-state index contributed by atoms with van der Waals surface area (Å²) in [5.41, 5.74) is 21.2. The van der Waals surface area contributed by atoms with Crippen molar-refractivity contribution in [3.05, 3.63) is 138 Å². The number of imidazole rings is 1. The molecular weight excluding hydrogens is 1060 g/mol. The highest BCUT2D eigenvalue weighted by Gasteiger charge is 2.33. The van der Waals surface area contributed by atoms with Crippen molar-refractivity contribution >= 4 is 74.8 Å². The first kappa shape index (κ1) is 63.2. The molecule has 0 spiro atoms. The molecule has 23 nitrogen and oxygen atoms in total. The third-order valence-electron chi connectivity index (χ3n) is 14.0. The minimum atomic E-state index is -1.35. The van der Waals surface area contributed by atoms with Gasteiger partial charge in [0.25, 0.3) is 0 Å². The van der Waals surface area contributed by atoms with E-state index in [-0.39, 0.29) is 44.6 Å². The van der Waals surface area contributed by atoms with E-state index in [1.807, 2.05) is 111 Å². The minimum Gasteiger partial charge on any atom is -0.370 e. The van der Waals surface area contributed by atoms with Gasteiger partial charge in [-0.3, -0.25) is 43.2 Å². The number of carbonyl (C=O) groups is 9. The second-order valence-electron chi connectivity index (χ2n) is 21.7. The van der Waals surface area contributed by atoms with Crippen molar-refractivity contribution in [3.63, 3.8) is 0 Å². The molecule has 4 aromatic carbocycles. The van der Waals surface area contributed by atoms with Crippen molar-refractivity contribution in [1.82, 2.24) is 57.5 Å². The first-order valence-corrected chi connectivity index (χ1v) is 27.8. The van der Waals surface area contributed by atoms with Gasteiger partial charge in [0.2, 0.25) is 53.2 Å². The Morgan fingerprint density at radius 2 is 1.25 bits per heavy atom. The zero-order chi connectivity index (χ0) is 60.2. The summed E-state index contributed by atoms with van der Waals surface area (Å²) in [6.45, 7) is 8.32. The van der Waals surface area contributed by atoms with Crippen molar-refractivity contribution in [2.75, 3.05) is 13.1 Å². The van der Waals surface area contributed by atoms with Gasteiger partial charge in [0, 0.05) is 60.8 Å². The molecule has 2 aromatic heterocycles. The van der Waals surface area contributed by atoms with Crippen LogP contribution in [0.25, 0.3) is 21.7 Å². The number of amides is 9. The molecule has 6 aromatic rings. The average molecular weight is 1140 g/mol. The zero-order valence-electron chi connectivity index (χ0n) is 47.5. The molecule has 6 rings (SSSR count). The molecule has 16 N–H and O–H groups in total. The third-order valence-corrected chi connectivity index (χ3v) is 14.0. The molecule has 0 aliphatic heterocycles. The maximum Gasteiger partial charge on any atom is 0.243 e. The van der Waals surface area contributed by atoms with Gasteiger partial charge in [-0.2, -0.15) is 0 Å². The fourth-order valence-electron chi connectivity index (χ4n) is 9.56. The lowest BCUT2D eigenvalue weighted by molar-refractivity contribution is -0.135. The normalized spacial score (nSPS) is 14.3. The summed E-state index contributed by atoms with van der Waals surface area (Å²) in [4.78, 5) is 132. The molecule has 0 aliphatic carbocycles. The van der Waals surface area contributed by atoms with Crippen LogP contribution in [0.5, 0.6) is 0 Å². The molecule has 83 heavy (non-hydrogen) atoms. The highest BCUT2D eigenvalue weighted by molar-refractivity contribution is 5.97. The van der Waals surface area contributed by atoms with E-state index in [0.717, 1.165) is 32.8 Å². The number of para-hydroxylation sites is 1. The van der Waals surface area contributed by atoms with Crippen molar-refractivity contribution in [3.8, 4) is 0 Å². The number of primary amides is 2. The number of benzene rings is 4. The van der Waals surface area contributed by atoms with Crippen LogP contribution >= 0.6 is 0 Å². The third kappa shape index (κ3) is 19.6. The number of fused-ring (bicyclic) bond motifs is 2. The quantitative estimate of drug-likeness (QED) is 0.0283. The molecule has 0 saturated carbocycles. The van der Waals surface area contributed by atoms with Crippen LogP contribution < -0.4 is 59.7 Å². The van der Waals surface area contributed by atoms with E-state index in [0.29, 0.717) is 24.1 Å². The number of nitrogens with zero attached hydrogens (tertiary/aromatic N) is 1. The predicted octanol–water partition coefficient (Wildman–Crippen LogP) is 1.10. The monoisotopic (exact) mass is 1140 g/mol. The van der Waals surface area contributed by atoms with Crippen LogP contribution in [0.3, 0.4) is 0 Å². The van der Waals surface area contributed by atoms with Crippen molar-refractivity contribution in [2.24, 2.45) is 29.0 Å². The number of nitrogens with two attached hydrogens (primary N) is 3. The van der Waals surface area contributed by atoms with Crippen molar-refractivity contribution < 1.29 is 43.2 Å². The second kappa shape index (κ2) is 30.7. The Bertz CT molecular complexity index is 3180. The maximum absolute atomic E-state index is 14.3. The minimum absolute atomic E-state index is 0.0142. The van der Waals surface area contributed by atoms with E-state index < -0.39 is 114 Å². The number of aromatic amines is 2. The second-order valence-corrected chi connectivity index (χ2v) is 21.7. The highest BCUT2D eigenvalue weighted by atomic mass is 16.2. The molecular formula is C60H78N14O9.